The van der Waals surface area contributed by atoms with Gasteiger partial charge in [-0.15, -0.1) is 11.3 Å². The van der Waals surface area contributed by atoms with Crippen LogP contribution in [0.25, 0.3) is 21.8 Å². The van der Waals surface area contributed by atoms with Crippen molar-refractivity contribution >= 4 is 28.7 Å². The highest BCUT2D eigenvalue weighted by molar-refractivity contribution is 7.13. The fourth-order valence-electron chi connectivity index (χ4n) is 2.03. The van der Waals surface area contributed by atoms with Gasteiger partial charge in [0.15, 0.2) is 5.82 Å². The minimum Gasteiger partial charge on any atom is -0.399 e. The van der Waals surface area contributed by atoms with Gasteiger partial charge in [0.25, 0.3) is 0 Å². The molecular formula is C16H14N4OS. The molecule has 0 saturated carbocycles. The van der Waals surface area contributed by atoms with E-state index in [1.807, 2.05) is 41.8 Å². The van der Waals surface area contributed by atoms with Crippen molar-refractivity contribution in [1.82, 2.24) is 9.97 Å². The normalized spacial score (nSPS) is 10.4. The fraction of sp³-hybridized carbons (Fsp3) is 0.0625. The molecule has 2 heterocycles. The number of thiophene rings is 1. The summed E-state index contributed by atoms with van der Waals surface area (Å²) in [5, 5.41) is 4.69. The number of nitrogens with zero attached hydrogens (tertiary/aromatic N) is 2. The zero-order valence-electron chi connectivity index (χ0n) is 11.9. The molecule has 2 aromatic heterocycles. The topological polar surface area (TPSA) is 80.9 Å². The fourth-order valence-corrected chi connectivity index (χ4v) is 2.74. The summed E-state index contributed by atoms with van der Waals surface area (Å²) < 4.78 is 0. The summed E-state index contributed by atoms with van der Waals surface area (Å²) in [7, 11) is 0. The number of nitrogen functional groups attached to an aromatic ring is 1. The third-order valence-corrected chi connectivity index (χ3v) is 3.90. The molecule has 0 spiro atoms. The van der Waals surface area contributed by atoms with Crippen LogP contribution in [0.15, 0.2) is 48.0 Å². The summed E-state index contributed by atoms with van der Waals surface area (Å²) in [4.78, 5) is 21.3. The van der Waals surface area contributed by atoms with Crippen molar-refractivity contribution in [3.8, 4) is 21.8 Å². The Morgan fingerprint density at radius 3 is 2.64 bits per heavy atom. The molecular weight excluding hydrogens is 296 g/mol. The van der Waals surface area contributed by atoms with E-state index >= 15 is 0 Å². The average Bonchev–Trinajstić information content (AvgIpc) is 3.02. The van der Waals surface area contributed by atoms with E-state index in [0.29, 0.717) is 17.2 Å². The van der Waals surface area contributed by atoms with Crippen molar-refractivity contribution in [2.75, 3.05) is 11.1 Å². The number of carbonyl (C=O) groups excluding carboxylic acids is 1. The Morgan fingerprint density at radius 2 is 2.00 bits per heavy atom. The van der Waals surface area contributed by atoms with Crippen molar-refractivity contribution in [3.63, 3.8) is 0 Å². The van der Waals surface area contributed by atoms with Gasteiger partial charge in [0.2, 0.25) is 5.91 Å². The van der Waals surface area contributed by atoms with Gasteiger partial charge in [0, 0.05) is 18.2 Å². The Balaban J connectivity index is 2.09. The second kappa shape index (κ2) is 5.95. The van der Waals surface area contributed by atoms with E-state index in [4.69, 9.17) is 5.73 Å². The highest BCUT2D eigenvalue weighted by Crippen LogP contribution is 2.30. The van der Waals surface area contributed by atoms with Gasteiger partial charge in [-0.1, -0.05) is 18.2 Å². The lowest BCUT2D eigenvalue weighted by atomic mass is 10.1. The van der Waals surface area contributed by atoms with Gasteiger partial charge in [-0.25, -0.2) is 9.97 Å². The van der Waals surface area contributed by atoms with Crippen LogP contribution >= 0.6 is 11.3 Å². The van der Waals surface area contributed by atoms with Gasteiger partial charge in [-0.05, 0) is 23.6 Å². The molecule has 1 amide bonds. The zero-order chi connectivity index (χ0) is 15.5. The number of aromatic nitrogens is 2. The Bertz CT molecular complexity index is 798. The predicted octanol–water partition coefficient (Wildman–Crippen LogP) is 3.41. The van der Waals surface area contributed by atoms with Crippen LogP contribution < -0.4 is 11.1 Å². The summed E-state index contributed by atoms with van der Waals surface area (Å²) in [5.74, 6) is 0.293. The Morgan fingerprint density at radius 1 is 1.23 bits per heavy atom. The maximum Gasteiger partial charge on any atom is 0.222 e. The second-order valence-corrected chi connectivity index (χ2v) is 5.68. The first kappa shape index (κ1) is 14.2. The second-order valence-electron chi connectivity index (χ2n) is 4.73. The van der Waals surface area contributed by atoms with Crippen molar-refractivity contribution in [2.45, 2.75) is 6.92 Å². The van der Waals surface area contributed by atoms with Crippen LogP contribution in [-0.2, 0) is 4.79 Å². The quantitative estimate of drug-likeness (QED) is 0.726. The molecule has 0 aliphatic rings. The molecule has 0 aliphatic heterocycles. The lowest BCUT2D eigenvalue weighted by Gasteiger charge is -2.09. The molecule has 3 rings (SSSR count). The highest BCUT2D eigenvalue weighted by Gasteiger charge is 2.13. The molecule has 3 aromatic rings. The molecule has 0 atom stereocenters. The van der Waals surface area contributed by atoms with Crippen LogP contribution in [0.2, 0.25) is 0 Å². The minimum absolute atomic E-state index is 0.174. The zero-order valence-corrected chi connectivity index (χ0v) is 12.7. The van der Waals surface area contributed by atoms with Gasteiger partial charge >= 0.3 is 0 Å². The standard InChI is InChI=1S/C16H14N4OS/c1-10(21)19-16-15(14-3-2-8-22-14)20-13(9-18-16)11-4-6-12(17)7-5-11/h2-9H,17H2,1H3,(H,18,19,21). The number of nitrogens with one attached hydrogen (secondary N) is 1. The number of anilines is 2. The molecule has 1 aromatic carbocycles. The van der Waals surface area contributed by atoms with Gasteiger partial charge in [0.05, 0.1) is 16.8 Å². The average molecular weight is 310 g/mol. The number of benzene rings is 1. The van der Waals surface area contributed by atoms with E-state index in [-0.39, 0.29) is 5.91 Å². The highest BCUT2D eigenvalue weighted by atomic mass is 32.1. The maximum atomic E-state index is 11.3. The monoisotopic (exact) mass is 310 g/mol. The van der Waals surface area contributed by atoms with Gasteiger partial charge in [0.1, 0.15) is 5.69 Å². The Hall–Kier alpha value is -2.73. The van der Waals surface area contributed by atoms with Crippen LogP contribution in [-0.4, -0.2) is 15.9 Å². The summed E-state index contributed by atoms with van der Waals surface area (Å²) in [6.07, 6.45) is 1.65. The third-order valence-electron chi connectivity index (χ3n) is 3.03. The molecule has 0 unspecified atom stereocenters. The summed E-state index contributed by atoms with van der Waals surface area (Å²) in [6, 6.07) is 11.3. The predicted molar refractivity (Wildman–Crippen MR) is 89.5 cm³/mol. The SMILES string of the molecule is CC(=O)Nc1ncc(-c2ccc(N)cc2)nc1-c1cccs1. The number of hydrogen-bond donors (Lipinski definition) is 2. The molecule has 0 bridgehead atoms. The molecule has 3 N–H and O–H groups in total. The van der Waals surface area contributed by atoms with Crippen molar-refractivity contribution in [1.29, 1.82) is 0 Å². The number of amides is 1. The molecule has 6 heteroatoms. The summed E-state index contributed by atoms with van der Waals surface area (Å²) in [5.41, 5.74) is 8.73. The first-order chi connectivity index (χ1) is 10.6. The van der Waals surface area contributed by atoms with Crippen molar-refractivity contribution < 1.29 is 4.79 Å². The molecule has 110 valence electrons. The number of nitrogens with two attached hydrogens (primary N) is 1. The number of rotatable bonds is 3. The van der Waals surface area contributed by atoms with Crippen molar-refractivity contribution in [2.24, 2.45) is 0 Å². The van der Waals surface area contributed by atoms with Crippen LogP contribution in [0, 0.1) is 0 Å². The molecule has 0 radical (unpaired) electrons. The largest absolute Gasteiger partial charge is 0.399 e. The third kappa shape index (κ3) is 2.96. The van der Waals surface area contributed by atoms with Crippen LogP contribution in [0.4, 0.5) is 11.5 Å². The van der Waals surface area contributed by atoms with E-state index in [1.54, 1.807) is 17.5 Å². The van der Waals surface area contributed by atoms with E-state index in [9.17, 15) is 4.79 Å². The van der Waals surface area contributed by atoms with Crippen LogP contribution in [0.5, 0.6) is 0 Å². The molecule has 22 heavy (non-hydrogen) atoms. The summed E-state index contributed by atoms with van der Waals surface area (Å²) in [6.45, 7) is 1.45. The Kier molecular flexibility index (Phi) is 3.84. The first-order valence-electron chi connectivity index (χ1n) is 6.68. The van der Waals surface area contributed by atoms with Gasteiger partial charge in [-0.3, -0.25) is 4.79 Å². The number of hydrogen-bond acceptors (Lipinski definition) is 5. The lowest BCUT2D eigenvalue weighted by Crippen LogP contribution is -2.09. The minimum atomic E-state index is -0.174. The van der Waals surface area contributed by atoms with Gasteiger partial charge in [-0.2, -0.15) is 0 Å². The molecule has 0 fully saturated rings. The number of carbonyl (C=O) groups is 1. The van der Waals surface area contributed by atoms with E-state index in [0.717, 1.165) is 16.1 Å². The van der Waals surface area contributed by atoms with Gasteiger partial charge < -0.3 is 11.1 Å². The van der Waals surface area contributed by atoms with E-state index < -0.39 is 0 Å². The van der Waals surface area contributed by atoms with E-state index in [1.165, 1.54) is 6.92 Å². The van der Waals surface area contributed by atoms with E-state index in [2.05, 4.69) is 15.3 Å². The smallest absolute Gasteiger partial charge is 0.222 e. The lowest BCUT2D eigenvalue weighted by molar-refractivity contribution is -0.114. The Labute approximate surface area is 131 Å². The maximum absolute atomic E-state index is 11.3. The molecule has 0 aliphatic carbocycles. The van der Waals surface area contributed by atoms with Crippen LogP contribution in [0.1, 0.15) is 6.92 Å². The molecule has 5 nitrogen and oxygen atoms in total. The van der Waals surface area contributed by atoms with Crippen molar-refractivity contribution in [3.05, 3.63) is 48.0 Å². The first-order valence-corrected chi connectivity index (χ1v) is 7.56. The molecule has 0 saturated heterocycles. The summed E-state index contributed by atoms with van der Waals surface area (Å²) >= 11 is 1.55. The van der Waals surface area contributed by atoms with Crippen LogP contribution in [0.3, 0.4) is 0 Å².